The number of H-pyrrole nitrogens is 1. The lowest BCUT2D eigenvalue weighted by molar-refractivity contribution is 0.100. The first-order chi connectivity index (χ1) is 10.4. The SMILES string of the molecule is CS(=O)(=O)N1CC[C@@H](Nc2c(C(N)=O)cnc3[nH]ccc23)C1. The highest BCUT2D eigenvalue weighted by Crippen LogP contribution is 2.27. The molecule has 0 spiro atoms. The summed E-state index contributed by atoms with van der Waals surface area (Å²) in [5, 5.41) is 4.01. The van der Waals surface area contributed by atoms with E-state index in [1.165, 1.54) is 16.8 Å². The molecule has 9 heteroatoms. The second kappa shape index (κ2) is 5.25. The minimum Gasteiger partial charge on any atom is -0.380 e. The smallest absolute Gasteiger partial charge is 0.252 e. The van der Waals surface area contributed by atoms with Gasteiger partial charge in [0.05, 0.1) is 17.5 Å². The molecule has 1 aliphatic heterocycles. The Kier molecular flexibility index (Phi) is 3.53. The number of hydrogen-bond donors (Lipinski definition) is 3. The molecule has 22 heavy (non-hydrogen) atoms. The van der Waals surface area contributed by atoms with Gasteiger partial charge in [0.2, 0.25) is 10.0 Å². The molecule has 2 aromatic rings. The molecule has 118 valence electrons. The lowest BCUT2D eigenvalue weighted by atomic mass is 10.1. The number of nitrogens with two attached hydrogens (primary N) is 1. The van der Waals surface area contributed by atoms with Crippen molar-refractivity contribution >= 4 is 32.7 Å². The Hall–Kier alpha value is -2.13. The van der Waals surface area contributed by atoms with Gasteiger partial charge in [-0.25, -0.2) is 17.7 Å². The van der Waals surface area contributed by atoms with E-state index in [0.717, 1.165) is 5.39 Å². The van der Waals surface area contributed by atoms with Gasteiger partial charge >= 0.3 is 0 Å². The fraction of sp³-hybridized carbons (Fsp3) is 0.385. The highest BCUT2D eigenvalue weighted by atomic mass is 32.2. The lowest BCUT2D eigenvalue weighted by Crippen LogP contribution is -2.31. The second-order valence-electron chi connectivity index (χ2n) is 5.40. The molecule has 1 saturated heterocycles. The highest BCUT2D eigenvalue weighted by Gasteiger charge is 2.29. The molecule has 1 aliphatic rings. The van der Waals surface area contributed by atoms with Crippen LogP contribution in [0.15, 0.2) is 18.5 Å². The van der Waals surface area contributed by atoms with Gasteiger partial charge in [-0.2, -0.15) is 0 Å². The topological polar surface area (TPSA) is 121 Å². The number of aromatic amines is 1. The van der Waals surface area contributed by atoms with E-state index in [2.05, 4.69) is 15.3 Å². The average molecular weight is 323 g/mol. The molecule has 1 fully saturated rings. The third-order valence-corrected chi connectivity index (χ3v) is 5.09. The van der Waals surface area contributed by atoms with Crippen LogP contribution in [0.1, 0.15) is 16.8 Å². The summed E-state index contributed by atoms with van der Waals surface area (Å²) < 4.78 is 24.6. The van der Waals surface area contributed by atoms with E-state index in [0.29, 0.717) is 36.4 Å². The first-order valence-corrected chi connectivity index (χ1v) is 8.68. The fourth-order valence-corrected chi connectivity index (χ4v) is 3.59. The number of hydrogen-bond acceptors (Lipinski definition) is 5. The normalized spacial score (nSPS) is 19.6. The van der Waals surface area contributed by atoms with Crippen molar-refractivity contribution in [3.05, 3.63) is 24.0 Å². The molecular formula is C13H17N5O3S. The number of primary amides is 1. The summed E-state index contributed by atoms with van der Waals surface area (Å²) in [7, 11) is -3.20. The van der Waals surface area contributed by atoms with E-state index in [9.17, 15) is 13.2 Å². The van der Waals surface area contributed by atoms with E-state index in [1.807, 2.05) is 0 Å². The number of fused-ring (bicyclic) bond motifs is 1. The summed E-state index contributed by atoms with van der Waals surface area (Å²) in [6.07, 6.45) is 5.01. The Balaban J connectivity index is 1.92. The molecular weight excluding hydrogens is 306 g/mol. The fourth-order valence-electron chi connectivity index (χ4n) is 2.70. The molecule has 0 radical (unpaired) electrons. The van der Waals surface area contributed by atoms with E-state index in [-0.39, 0.29) is 6.04 Å². The van der Waals surface area contributed by atoms with E-state index >= 15 is 0 Å². The molecule has 0 unspecified atom stereocenters. The van der Waals surface area contributed by atoms with Gasteiger partial charge in [-0.15, -0.1) is 0 Å². The summed E-state index contributed by atoms with van der Waals surface area (Å²) in [6.45, 7) is 0.828. The number of sulfonamides is 1. The Morgan fingerprint density at radius 1 is 1.55 bits per heavy atom. The Labute approximate surface area is 127 Å². The van der Waals surface area contributed by atoms with Crippen LogP contribution in [0, 0.1) is 0 Å². The molecule has 1 amide bonds. The first kappa shape index (κ1) is 14.8. The van der Waals surface area contributed by atoms with Crippen molar-refractivity contribution < 1.29 is 13.2 Å². The Morgan fingerprint density at radius 2 is 2.32 bits per heavy atom. The van der Waals surface area contributed by atoms with Gasteiger partial charge < -0.3 is 16.0 Å². The van der Waals surface area contributed by atoms with Gasteiger partial charge in [0.1, 0.15) is 5.65 Å². The summed E-state index contributed by atoms with van der Waals surface area (Å²) >= 11 is 0. The maximum Gasteiger partial charge on any atom is 0.252 e. The molecule has 0 bridgehead atoms. The number of carbonyl (C=O) groups excluding carboxylic acids is 1. The van der Waals surface area contributed by atoms with Crippen molar-refractivity contribution in [1.82, 2.24) is 14.3 Å². The van der Waals surface area contributed by atoms with Crippen LogP contribution in [-0.2, 0) is 10.0 Å². The largest absolute Gasteiger partial charge is 0.380 e. The van der Waals surface area contributed by atoms with E-state index in [1.54, 1.807) is 12.3 Å². The van der Waals surface area contributed by atoms with Crippen molar-refractivity contribution in [3.63, 3.8) is 0 Å². The van der Waals surface area contributed by atoms with Crippen LogP contribution in [0.5, 0.6) is 0 Å². The number of carbonyl (C=O) groups is 1. The molecule has 0 aliphatic carbocycles. The van der Waals surface area contributed by atoms with Crippen molar-refractivity contribution in [1.29, 1.82) is 0 Å². The first-order valence-electron chi connectivity index (χ1n) is 6.84. The molecule has 8 nitrogen and oxygen atoms in total. The summed E-state index contributed by atoms with van der Waals surface area (Å²) in [6, 6.07) is 1.73. The minimum atomic E-state index is -3.20. The van der Waals surface area contributed by atoms with Crippen LogP contribution in [-0.4, -0.2) is 54.0 Å². The van der Waals surface area contributed by atoms with Crippen LogP contribution in [0.2, 0.25) is 0 Å². The number of amides is 1. The molecule has 2 aromatic heterocycles. The van der Waals surface area contributed by atoms with Gasteiger partial charge in [-0.05, 0) is 12.5 Å². The third-order valence-electron chi connectivity index (χ3n) is 3.82. The quantitative estimate of drug-likeness (QED) is 0.737. The predicted octanol–water partition coefficient (Wildman–Crippen LogP) is 0.108. The summed E-state index contributed by atoms with van der Waals surface area (Å²) in [5.41, 5.74) is 6.95. The van der Waals surface area contributed by atoms with Crippen LogP contribution in [0.3, 0.4) is 0 Å². The lowest BCUT2D eigenvalue weighted by Gasteiger charge is -2.18. The van der Waals surface area contributed by atoms with Gasteiger partial charge in [-0.1, -0.05) is 0 Å². The van der Waals surface area contributed by atoms with Crippen LogP contribution >= 0.6 is 0 Å². The average Bonchev–Trinajstić information content (AvgIpc) is 3.05. The van der Waals surface area contributed by atoms with Gasteiger partial charge in [-0.3, -0.25) is 4.79 Å². The zero-order chi connectivity index (χ0) is 15.9. The van der Waals surface area contributed by atoms with Gasteiger partial charge in [0.15, 0.2) is 0 Å². The Bertz CT molecular complexity index is 829. The number of pyridine rings is 1. The summed E-state index contributed by atoms with van der Waals surface area (Å²) in [4.78, 5) is 18.7. The maximum absolute atomic E-state index is 11.6. The summed E-state index contributed by atoms with van der Waals surface area (Å²) in [5.74, 6) is -0.573. The van der Waals surface area contributed by atoms with E-state index < -0.39 is 15.9 Å². The van der Waals surface area contributed by atoms with Crippen molar-refractivity contribution in [2.24, 2.45) is 5.73 Å². The van der Waals surface area contributed by atoms with Crippen molar-refractivity contribution in [2.75, 3.05) is 24.7 Å². The predicted molar refractivity (Wildman–Crippen MR) is 83.1 cm³/mol. The number of nitrogens with zero attached hydrogens (tertiary/aromatic N) is 2. The number of rotatable bonds is 4. The highest BCUT2D eigenvalue weighted by molar-refractivity contribution is 7.88. The van der Waals surface area contributed by atoms with Crippen molar-refractivity contribution in [3.8, 4) is 0 Å². The molecule has 3 heterocycles. The van der Waals surface area contributed by atoms with E-state index in [4.69, 9.17) is 5.73 Å². The monoisotopic (exact) mass is 323 g/mol. The zero-order valence-corrected chi connectivity index (χ0v) is 12.9. The number of anilines is 1. The number of aromatic nitrogens is 2. The maximum atomic E-state index is 11.6. The van der Waals surface area contributed by atoms with Gasteiger partial charge in [0.25, 0.3) is 5.91 Å². The molecule has 0 aromatic carbocycles. The van der Waals surface area contributed by atoms with Gasteiger partial charge in [0, 0.05) is 36.9 Å². The molecule has 1 atom stereocenters. The van der Waals surface area contributed by atoms with Crippen LogP contribution < -0.4 is 11.1 Å². The zero-order valence-electron chi connectivity index (χ0n) is 12.0. The standard InChI is InChI=1S/C13H17N5O3S/c1-22(20,21)18-5-3-8(7-18)17-11-9-2-4-15-13(9)16-6-10(11)12(14)19/h2,4,6,8H,3,5,7H2,1H3,(H2,14,19)(H2,15,16,17)/t8-/m1/s1. The second-order valence-corrected chi connectivity index (χ2v) is 7.38. The third kappa shape index (κ3) is 2.64. The molecule has 0 saturated carbocycles. The van der Waals surface area contributed by atoms with Crippen molar-refractivity contribution in [2.45, 2.75) is 12.5 Å². The minimum absolute atomic E-state index is 0.0756. The molecule has 4 N–H and O–H groups in total. The van der Waals surface area contributed by atoms with Crippen LogP contribution in [0.25, 0.3) is 11.0 Å². The molecule has 3 rings (SSSR count). The number of nitrogens with one attached hydrogen (secondary N) is 2. The Morgan fingerprint density at radius 3 is 2.95 bits per heavy atom. The van der Waals surface area contributed by atoms with Crippen LogP contribution in [0.4, 0.5) is 5.69 Å².